The number of aryl methyl sites for hydroxylation is 3. The first-order valence-electron chi connectivity index (χ1n) is 19.1. The molecule has 9 rings (SSSR count). The summed E-state index contributed by atoms with van der Waals surface area (Å²) in [6.45, 7) is 20.1. The highest BCUT2D eigenvalue weighted by molar-refractivity contribution is 6.13. The molecular formula is C50H47N3. The molecule has 0 atom stereocenters. The number of aromatic nitrogens is 2. The van der Waals surface area contributed by atoms with Gasteiger partial charge in [0.05, 0.1) is 27.8 Å². The predicted molar refractivity (Wildman–Crippen MR) is 229 cm³/mol. The maximum Gasteiger partial charge on any atom is 0.0542 e. The molecule has 3 nitrogen and oxygen atoms in total. The number of benzene rings is 6. The highest BCUT2D eigenvalue weighted by atomic mass is 15.2. The molecule has 0 amide bonds. The summed E-state index contributed by atoms with van der Waals surface area (Å²) in [7, 11) is 0. The first-order chi connectivity index (χ1) is 25.6. The number of nitrogens with zero attached hydrogens (tertiary/aromatic N) is 3. The van der Waals surface area contributed by atoms with Crippen molar-refractivity contribution in [2.24, 2.45) is 0 Å². The Morgan fingerprint density at radius 2 is 1.00 bits per heavy atom. The lowest BCUT2D eigenvalue weighted by Crippen LogP contribution is -2.19. The summed E-state index contributed by atoms with van der Waals surface area (Å²) in [6, 6.07) is 43.7. The fourth-order valence-corrected chi connectivity index (χ4v) is 8.73. The van der Waals surface area contributed by atoms with Crippen LogP contribution in [0.2, 0.25) is 0 Å². The summed E-state index contributed by atoms with van der Waals surface area (Å²) in [6.07, 6.45) is 4.44. The standard InChI is InChI=1S/C50H47N3/c1-9-50(8,10-2)36-15-22-47-42(28-36)41-26-33(5)14-21-46(41)53(47)39-19-24-49-44(30-39)43-29-38(18-23-48(43)52(49)37-16-11-31(3)12-17-37)51-35(7)27-34(6)40-25-32(4)13-20-45(40)51/h11-30H,6,9-10H2,1-5,7-8H3. The van der Waals surface area contributed by atoms with E-state index in [1.54, 1.807) is 0 Å². The predicted octanol–water partition coefficient (Wildman–Crippen LogP) is 14.0. The van der Waals surface area contributed by atoms with Gasteiger partial charge in [-0.25, -0.2) is 0 Å². The molecule has 1 aliphatic heterocycles. The summed E-state index contributed by atoms with van der Waals surface area (Å²) >= 11 is 0. The van der Waals surface area contributed by atoms with E-state index in [0.29, 0.717) is 0 Å². The van der Waals surface area contributed by atoms with Crippen molar-refractivity contribution >= 4 is 60.6 Å². The lowest BCUT2D eigenvalue weighted by atomic mass is 9.77. The molecule has 3 heterocycles. The molecule has 0 bridgehead atoms. The quantitative estimate of drug-likeness (QED) is 0.169. The van der Waals surface area contributed by atoms with Gasteiger partial charge in [-0.05, 0) is 148 Å². The number of allylic oxidation sites excluding steroid dienone is 3. The first kappa shape index (κ1) is 33.1. The largest absolute Gasteiger partial charge is 0.314 e. The van der Waals surface area contributed by atoms with E-state index in [1.165, 1.54) is 82.8 Å². The van der Waals surface area contributed by atoms with Crippen LogP contribution in [-0.4, -0.2) is 9.13 Å². The molecule has 0 unspecified atom stereocenters. The van der Waals surface area contributed by atoms with Crippen molar-refractivity contribution in [1.29, 1.82) is 0 Å². The Bertz CT molecular complexity index is 2820. The highest BCUT2D eigenvalue weighted by Gasteiger charge is 2.25. The second-order valence-electron chi connectivity index (χ2n) is 15.6. The van der Waals surface area contributed by atoms with Crippen molar-refractivity contribution in [3.05, 3.63) is 161 Å². The van der Waals surface area contributed by atoms with Crippen LogP contribution in [0.5, 0.6) is 0 Å². The fourth-order valence-electron chi connectivity index (χ4n) is 8.73. The van der Waals surface area contributed by atoms with Gasteiger partial charge in [0.2, 0.25) is 0 Å². The van der Waals surface area contributed by atoms with E-state index in [2.05, 4.69) is 190 Å². The van der Waals surface area contributed by atoms with Crippen LogP contribution in [0.4, 0.5) is 11.4 Å². The van der Waals surface area contributed by atoms with E-state index in [1.807, 2.05) is 0 Å². The minimum Gasteiger partial charge on any atom is -0.314 e. The van der Waals surface area contributed by atoms with Gasteiger partial charge in [0.15, 0.2) is 0 Å². The monoisotopic (exact) mass is 689 g/mol. The van der Waals surface area contributed by atoms with Crippen molar-refractivity contribution < 1.29 is 0 Å². The molecule has 0 saturated carbocycles. The third-order valence-corrected chi connectivity index (χ3v) is 12.2. The van der Waals surface area contributed by atoms with Gasteiger partial charge in [-0.1, -0.05) is 74.4 Å². The zero-order valence-electron chi connectivity index (χ0n) is 32.0. The number of hydrogen-bond acceptors (Lipinski definition) is 1. The van der Waals surface area contributed by atoms with Crippen molar-refractivity contribution in [3.63, 3.8) is 0 Å². The minimum atomic E-state index is 0.148. The molecule has 2 aromatic heterocycles. The Morgan fingerprint density at radius 3 is 1.68 bits per heavy atom. The number of anilines is 2. The Labute approximate surface area is 313 Å². The van der Waals surface area contributed by atoms with E-state index >= 15 is 0 Å². The van der Waals surface area contributed by atoms with Gasteiger partial charge in [-0.15, -0.1) is 0 Å². The van der Waals surface area contributed by atoms with Crippen molar-refractivity contribution in [1.82, 2.24) is 9.13 Å². The van der Waals surface area contributed by atoms with Crippen LogP contribution in [0.15, 0.2) is 134 Å². The van der Waals surface area contributed by atoms with Gasteiger partial charge in [0, 0.05) is 49.9 Å². The molecule has 8 aromatic rings. The van der Waals surface area contributed by atoms with Crippen LogP contribution in [0.25, 0.3) is 60.6 Å². The van der Waals surface area contributed by atoms with E-state index in [-0.39, 0.29) is 5.41 Å². The van der Waals surface area contributed by atoms with E-state index < -0.39 is 0 Å². The third-order valence-electron chi connectivity index (χ3n) is 12.2. The molecule has 3 heteroatoms. The lowest BCUT2D eigenvalue weighted by Gasteiger charge is -2.32. The SMILES string of the molecule is C=C1C=C(C)N(c2ccc3c(c2)c2cc(-n4c5ccc(C)cc5c5cc(C(C)(CC)CC)ccc54)ccc2n3-c2ccc(C)cc2)c2ccc(C)cc21. The van der Waals surface area contributed by atoms with Crippen LogP contribution in [0.1, 0.15) is 68.4 Å². The summed E-state index contributed by atoms with van der Waals surface area (Å²) in [5.41, 5.74) is 18.3. The normalized spacial score (nSPS) is 13.5. The summed E-state index contributed by atoms with van der Waals surface area (Å²) in [5, 5.41) is 5.09. The fraction of sp³-hybridized carbons (Fsp3) is 0.200. The molecule has 0 N–H and O–H groups in total. The lowest BCUT2D eigenvalue weighted by molar-refractivity contribution is 0.439. The molecular weight excluding hydrogens is 643 g/mol. The maximum atomic E-state index is 4.41. The second kappa shape index (κ2) is 12.1. The Hall–Kier alpha value is -5.80. The van der Waals surface area contributed by atoms with Gasteiger partial charge >= 0.3 is 0 Å². The smallest absolute Gasteiger partial charge is 0.0542 e. The van der Waals surface area contributed by atoms with E-state index in [9.17, 15) is 0 Å². The topological polar surface area (TPSA) is 13.1 Å². The molecule has 0 radical (unpaired) electrons. The van der Waals surface area contributed by atoms with Crippen molar-refractivity contribution in [2.75, 3.05) is 4.90 Å². The molecule has 0 aliphatic carbocycles. The Morgan fingerprint density at radius 1 is 0.509 bits per heavy atom. The molecule has 6 aromatic carbocycles. The molecule has 262 valence electrons. The molecule has 1 aliphatic rings. The zero-order valence-corrected chi connectivity index (χ0v) is 32.0. The van der Waals surface area contributed by atoms with Crippen LogP contribution >= 0.6 is 0 Å². The average Bonchev–Trinajstić information content (AvgIpc) is 3.66. The number of hydrogen-bond donors (Lipinski definition) is 0. The minimum absolute atomic E-state index is 0.148. The van der Waals surface area contributed by atoms with E-state index in [0.717, 1.165) is 35.5 Å². The number of fused-ring (bicyclic) bond motifs is 7. The van der Waals surface area contributed by atoms with Crippen LogP contribution in [0, 0.1) is 20.8 Å². The highest BCUT2D eigenvalue weighted by Crippen LogP contribution is 2.44. The van der Waals surface area contributed by atoms with Crippen LogP contribution in [0.3, 0.4) is 0 Å². The maximum absolute atomic E-state index is 4.41. The van der Waals surface area contributed by atoms with Gasteiger partial charge in [-0.2, -0.15) is 0 Å². The summed E-state index contributed by atoms with van der Waals surface area (Å²) < 4.78 is 4.90. The zero-order chi connectivity index (χ0) is 36.8. The van der Waals surface area contributed by atoms with Gasteiger partial charge in [-0.3, -0.25) is 0 Å². The van der Waals surface area contributed by atoms with Crippen LogP contribution in [-0.2, 0) is 5.41 Å². The number of rotatable bonds is 6. The van der Waals surface area contributed by atoms with Crippen molar-refractivity contribution in [2.45, 2.75) is 66.7 Å². The molecule has 0 fully saturated rings. The molecule has 0 saturated heterocycles. The van der Waals surface area contributed by atoms with Gasteiger partial charge in [0.1, 0.15) is 0 Å². The van der Waals surface area contributed by atoms with Gasteiger partial charge < -0.3 is 14.0 Å². The Balaban J connectivity index is 1.31. The average molecular weight is 690 g/mol. The first-order valence-corrected chi connectivity index (χ1v) is 19.1. The van der Waals surface area contributed by atoms with Gasteiger partial charge in [0.25, 0.3) is 0 Å². The summed E-state index contributed by atoms with van der Waals surface area (Å²) in [4.78, 5) is 2.38. The van der Waals surface area contributed by atoms with Crippen molar-refractivity contribution in [3.8, 4) is 11.4 Å². The van der Waals surface area contributed by atoms with Crippen LogP contribution < -0.4 is 4.90 Å². The van der Waals surface area contributed by atoms with E-state index in [4.69, 9.17) is 0 Å². The molecule has 0 spiro atoms. The third kappa shape index (κ3) is 5.09. The summed E-state index contributed by atoms with van der Waals surface area (Å²) in [5.74, 6) is 0. The molecule has 53 heavy (non-hydrogen) atoms. The Kier molecular flexibility index (Phi) is 7.57. The second-order valence-corrected chi connectivity index (χ2v) is 15.6.